The molecule has 0 fully saturated rings. The molecule has 1 aliphatic heterocycles. The number of hydrogen-bond acceptors (Lipinski definition) is 5. The second-order valence-electron chi connectivity index (χ2n) is 6.11. The normalized spacial score (nSPS) is 16.0. The lowest BCUT2D eigenvalue weighted by Gasteiger charge is -2.17. The van der Waals surface area contributed by atoms with Crippen LogP contribution in [-0.4, -0.2) is 57.9 Å². The number of fused-ring (bicyclic) bond motifs is 1. The molecule has 1 atom stereocenters. The second kappa shape index (κ2) is 8.11. The molecule has 7 nitrogen and oxygen atoms in total. The van der Waals surface area contributed by atoms with Gasteiger partial charge in [-0.1, -0.05) is 13.8 Å². The van der Waals surface area contributed by atoms with Gasteiger partial charge >= 0.3 is 0 Å². The van der Waals surface area contributed by atoms with Crippen LogP contribution in [0.25, 0.3) is 0 Å². The minimum Gasteiger partial charge on any atom is -0.488 e. The third-order valence-electron chi connectivity index (χ3n) is 4.47. The Morgan fingerprint density at radius 1 is 1.36 bits per heavy atom. The predicted octanol–water partition coefficient (Wildman–Crippen LogP) is 1.35. The zero-order valence-electron chi connectivity index (χ0n) is 14.8. The first-order valence-electron chi connectivity index (χ1n) is 8.83. The first kappa shape index (κ1) is 17.4. The number of carbonyl (C=O) groups is 1. The maximum Gasteiger partial charge on any atom is 0.271 e. The summed E-state index contributed by atoms with van der Waals surface area (Å²) in [5.41, 5.74) is 1.52. The fourth-order valence-corrected chi connectivity index (χ4v) is 3.03. The standard InChI is InChI=1S/C18H25N5O2/c1-3-22(4-2)10-9-20-18(24)17-12-14-11-16(13-23(14)21-17)25-15-5-7-19-8-6-15/h5-8,12,16H,3-4,9-11,13H2,1-2H3,(H,20,24)/t16-/m0/s1. The molecule has 7 heteroatoms. The highest BCUT2D eigenvalue weighted by molar-refractivity contribution is 5.92. The molecule has 0 saturated carbocycles. The fourth-order valence-electron chi connectivity index (χ4n) is 3.03. The Labute approximate surface area is 148 Å². The molecule has 0 spiro atoms. The first-order valence-corrected chi connectivity index (χ1v) is 8.83. The van der Waals surface area contributed by atoms with Crippen LogP contribution in [0.3, 0.4) is 0 Å². The molecule has 3 heterocycles. The van der Waals surface area contributed by atoms with Gasteiger partial charge in [-0.25, -0.2) is 0 Å². The van der Waals surface area contributed by atoms with Crippen LogP contribution < -0.4 is 10.1 Å². The summed E-state index contributed by atoms with van der Waals surface area (Å²) in [6.45, 7) is 8.37. The van der Waals surface area contributed by atoms with Crippen molar-refractivity contribution in [2.24, 2.45) is 0 Å². The van der Waals surface area contributed by atoms with Crippen LogP contribution in [0.4, 0.5) is 0 Å². The van der Waals surface area contributed by atoms with Crippen LogP contribution in [0.5, 0.6) is 5.75 Å². The summed E-state index contributed by atoms with van der Waals surface area (Å²) < 4.78 is 7.79. The van der Waals surface area contributed by atoms with Crippen LogP contribution in [0.1, 0.15) is 30.0 Å². The molecule has 3 rings (SSSR count). The van der Waals surface area contributed by atoms with Gasteiger partial charge in [0.05, 0.1) is 6.54 Å². The van der Waals surface area contributed by atoms with Gasteiger partial charge in [0, 0.05) is 37.6 Å². The Kier molecular flexibility index (Phi) is 5.65. The molecule has 2 aromatic heterocycles. The molecule has 0 bridgehead atoms. The van der Waals surface area contributed by atoms with E-state index in [0.29, 0.717) is 18.8 Å². The number of amides is 1. The van der Waals surface area contributed by atoms with E-state index in [1.807, 2.05) is 22.9 Å². The Hall–Kier alpha value is -2.41. The van der Waals surface area contributed by atoms with Crippen LogP contribution >= 0.6 is 0 Å². The largest absolute Gasteiger partial charge is 0.488 e. The van der Waals surface area contributed by atoms with Crippen molar-refractivity contribution < 1.29 is 9.53 Å². The SMILES string of the molecule is CCN(CC)CCNC(=O)c1cc2n(n1)C[C@@H](Oc1ccncc1)C2. The molecule has 1 amide bonds. The Balaban J connectivity index is 1.50. The van der Waals surface area contributed by atoms with Gasteiger partial charge in [0.15, 0.2) is 0 Å². The highest BCUT2D eigenvalue weighted by atomic mass is 16.5. The van der Waals surface area contributed by atoms with E-state index in [0.717, 1.165) is 37.5 Å². The Morgan fingerprint density at radius 2 is 2.12 bits per heavy atom. The summed E-state index contributed by atoms with van der Waals surface area (Å²) in [6.07, 6.45) is 4.22. The first-order chi connectivity index (χ1) is 12.2. The summed E-state index contributed by atoms with van der Waals surface area (Å²) in [4.78, 5) is 18.5. The number of carbonyl (C=O) groups excluding carboxylic acids is 1. The minimum atomic E-state index is -0.111. The van der Waals surface area contributed by atoms with E-state index in [9.17, 15) is 4.79 Å². The van der Waals surface area contributed by atoms with E-state index < -0.39 is 0 Å². The molecular weight excluding hydrogens is 318 g/mol. The molecule has 0 aliphatic carbocycles. The van der Waals surface area contributed by atoms with Gasteiger partial charge in [-0.2, -0.15) is 5.10 Å². The van der Waals surface area contributed by atoms with Crippen LogP contribution in [-0.2, 0) is 13.0 Å². The van der Waals surface area contributed by atoms with Crippen molar-refractivity contribution in [3.63, 3.8) is 0 Å². The van der Waals surface area contributed by atoms with Crippen molar-refractivity contribution in [1.29, 1.82) is 0 Å². The average Bonchev–Trinajstić information content (AvgIpc) is 3.18. The molecule has 0 saturated heterocycles. The maximum atomic E-state index is 12.2. The van der Waals surface area contributed by atoms with E-state index in [1.54, 1.807) is 12.4 Å². The molecule has 0 unspecified atom stereocenters. The summed E-state index contributed by atoms with van der Waals surface area (Å²) in [5.74, 6) is 0.695. The number of ether oxygens (including phenoxy) is 1. The number of nitrogens with zero attached hydrogens (tertiary/aromatic N) is 4. The molecule has 0 aromatic carbocycles. The highest BCUT2D eigenvalue weighted by Crippen LogP contribution is 2.21. The molecule has 1 aliphatic rings. The number of likely N-dealkylation sites (N-methyl/N-ethyl adjacent to an activating group) is 1. The van der Waals surface area contributed by atoms with E-state index in [4.69, 9.17) is 4.74 Å². The van der Waals surface area contributed by atoms with Gasteiger partial charge in [-0.15, -0.1) is 0 Å². The minimum absolute atomic E-state index is 0.0460. The second-order valence-corrected chi connectivity index (χ2v) is 6.11. The van der Waals surface area contributed by atoms with E-state index in [2.05, 4.69) is 34.1 Å². The predicted molar refractivity (Wildman–Crippen MR) is 94.7 cm³/mol. The maximum absolute atomic E-state index is 12.2. The fraction of sp³-hybridized carbons (Fsp3) is 0.500. The number of hydrogen-bond donors (Lipinski definition) is 1. The lowest BCUT2D eigenvalue weighted by Crippen LogP contribution is -2.35. The zero-order valence-corrected chi connectivity index (χ0v) is 14.8. The number of nitrogens with one attached hydrogen (secondary N) is 1. The summed E-state index contributed by atoms with van der Waals surface area (Å²) >= 11 is 0. The van der Waals surface area contributed by atoms with Crippen LogP contribution in [0, 0.1) is 0 Å². The lowest BCUT2D eigenvalue weighted by molar-refractivity contribution is 0.0942. The van der Waals surface area contributed by atoms with Gasteiger partial charge in [0.2, 0.25) is 0 Å². The molecule has 2 aromatic rings. The molecule has 134 valence electrons. The third kappa shape index (κ3) is 4.36. The van der Waals surface area contributed by atoms with Crippen molar-refractivity contribution in [3.8, 4) is 5.75 Å². The molecule has 25 heavy (non-hydrogen) atoms. The Bertz CT molecular complexity index is 673. The van der Waals surface area contributed by atoms with E-state index in [1.165, 1.54) is 0 Å². The topological polar surface area (TPSA) is 72.3 Å². The van der Waals surface area contributed by atoms with Crippen LogP contribution in [0.15, 0.2) is 30.6 Å². The van der Waals surface area contributed by atoms with Crippen molar-refractivity contribution in [3.05, 3.63) is 42.0 Å². The zero-order chi connectivity index (χ0) is 17.6. The van der Waals surface area contributed by atoms with Crippen LogP contribution in [0.2, 0.25) is 0 Å². The third-order valence-corrected chi connectivity index (χ3v) is 4.47. The smallest absolute Gasteiger partial charge is 0.271 e. The summed E-state index contributed by atoms with van der Waals surface area (Å²) in [5, 5.41) is 7.36. The van der Waals surface area contributed by atoms with Crippen molar-refractivity contribution in [1.82, 2.24) is 25.0 Å². The lowest BCUT2D eigenvalue weighted by atomic mass is 10.2. The van der Waals surface area contributed by atoms with E-state index >= 15 is 0 Å². The highest BCUT2D eigenvalue weighted by Gasteiger charge is 2.26. The van der Waals surface area contributed by atoms with Crippen molar-refractivity contribution in [2.75, 3.05) is 26.2 Å². The monoisotopic (exact) mass is 343 g/mol. The average molecular weight is 343 g/mol. The molecule has 1 N–H and O–H groups in total. The molecular formula is C18H25N5O2. The number of aromatic nitrogens is 3. The van der Waals surface area contributed by atoms with Gasteiger partial charge in [0.1, 0.15) is 17.5 Å². The van der Waals surface area contributed by atoms with Crippen molar-refractivity contribution >= 4 is 5.91 Å². The number of pyridine rings is 1. The van der Waals surface area contributed by atoms with Gasteiger partial charge < -0.3 is 15.0 Å². The summed E-state index contributed by atoms with van der Waals surface area (Å²) in [7, 11) is 0. The van der Waals surface area contributed by atoms with Crippen molar-refractivity contribution in [2.45, 2.75) is 32.9 Å². The summed E-state index contributed by atoms with van der Waals surface area (Å²) in [6, 6.07) is 5.55. The van der Waals surface area contributed by atoms with Gasteiger partial charge in [-0.3, -0.25) is 14.5 Å². The van der Waals surface area contributed by atoms with Gasteiger partial charge in [0.25, 0.3) is 5.91 Å². The van der Waals surface area contributed by atoms with Gasteiger partial charge in [-0.05, 0) is 31.3 Å². The quantitative estimate of drug-likeness (QED) is 0.783. The number of rotatable bonds is 8. The van der Waals surface area contributed by atoms with E-state index in [-0.39, 0.29) is 12.0 Å². The Morgan fingerprint density at radius 3 is 2.80 bits per heavy atom. The molecule has 0 radical (unpaired) electrons.